The summed E-state index contributed by atoms with van der Waals surface area (Å²) in [4.78, 5) is 13.0. The predicted octanol–water partition coefficient (Wildman–Crippen LogP) is 2.50. The largest absolute Gasteiger partial charge is 0.384 e. The Morgan fingerprint density at radius 1 is 1.09 bits per heavy atom. The molecule has 4 rings (SSSR count). The van der Waals surface area contributed by atoms with Gasteiger partial charge in [-0.05, 0) is 37.0 Å². The lowest BCUT2D eigenvalue weighted by Crippen LogP contribution is -2.20. The first-order valence-corrected chi connectivity index (χ1v) is 7.90. The van der Waals surface area contributed by atoms with Crippen molar-refractivity contribution in [3.63, 3.8) is 0 Å². The number of ether oxygens (including phenoxy) is 1. The summed E-state index contributed by atoms with van der Waals surface area (Å²) in [5.41, 5.74) is 9.53. The van der Waals surface area contributed by atoms with Crippen LogP contribution < -0.4 is 5.73 Å². The van der Waals surface area contributed by atoms with Gasteiger partial charge in [-0.3, -0.25) is 0 Å². The molecule has 0 bridgehead atoms. The Hall–Kier alpha value is -2.47. The molecule has 0 unspecified atom stereocenters. The number of pyridine rings is 2. The number of hydrogen-bond acceptors (Lipinski definition) is 5. The van der Waals surface area contributed by atoms with Crippen molar-refractivity contribution >= 4 is 17.0 Å². The quantitative estimate of drug-likeness (QED) is 0.804. The minimum absolute atomic E-state index is 0.521. The van der Waals surface area contributed by atoms with Crippen molar-refractivity contribution in [1.29, 1.82) is 0 Å². The summed E-state index contributed by atoms with van der Waals surface area (Å²) >= 11 is 0. The Kier molecular flexibility index (Phi) is 3.67. The number of fused-ring (bicyclic) bond motifs is 1. The van der Waals surface area contributed by atoms with Crippen LogP contribution in [0.1, 0.15) is 12.8 Å². The molecule has 1 saturated heterocycles. The Morgan fingerprint density at radius 3 is 2.70 bits per heavy atom. The van der Waals surface area contributed by atoms with E-state index in [2.05, 4.69) is 25.6 Å². The highest BCUT2D eigenvalue weighted by molar-refractivity contribution is 5.78. The van der Waals surface area contributed by atoms with Crippen LogP contribution in [0, 0.1) is 5.92 Å². The standard InChI is InChI=1S/C17H19N5O/c18-16-2-1-13(8-19-16)14-7-15-17(20-9-14)21-11-22(15)10-12-3-5-23-6-4-12/h1-2,7-9,11-12H,3-6,10H2,(H2,18,19). The van der Waals surface area contributed by atoms with Crippen LogP contribution in [-0.2, 0) is 11.3 Å². The molecule has 3 aromatic rings. The fourth-order valence-corrected chi connectivity index (χ4v) is 3.03. The van der Waals surface area contributed by atoms with Crippen LogP contribution in [0.3, 0.4) is 0 Å². The lowest BCUT2D eigenvalue weighted by molar-refractivity contribution is 0.0616. The van der Waals surface area contributed by atoms with Crippen molar-refractivity contribution in [3.05, 3.63) is 36.9 Å². The Bertz CT molecular complexity index is 805. The first-order valence-electron chi connectivity index (χ1n) is 7.90. The molecule has 1 fully saturated rings. The van der Waals surface area contributed by atoms with Gasteiger partial charge in [0.05, 0.1) is 11.8 Å². The molecule has 0 saturated carbocycles. The lowest BCUT2D eigenvalue weighted by atomic mass is 10.0. The van der Waals surface area contributed by atoms with E-state index in [1.807, 2.05) is 18.6 Å². The average molecular weight is 309 g/mol. The van der Waals surface area contributed by atoms with Crippen LogP contribution >= 0.6 is 0 Å². The first kappa shape index (κ1) is 14.1. The minimum Gasteiger partial charge on any atom is -0.384 e. The summed E-state index contributed by atoms with van der Waals surface area (Å²) in [5, 5.41) is 0. The SMILES string of the molecule is Nc1ccc(-c2cnc3ncn(CC4CCOCC4)c3c2)cn1. The van der Waals surface area contributed by atoms with Gasteiger partial charge in [0.1, 0.15) is 5.82 Å². The highest BCUT2D eigenvalue weighted by Crippen LogP contribution is 2.24. The molecule has 118 valence electrons. The van der Waals surface area contributed by atoms with E-state index in [1.165, 1.54) is 0 Å². The third-order valence-electron chi connectivity index (χ3n) is 4.39. The number of aromatic nitrogens is 4. The van der Waals surface area contributed by atoms with E-state index in [-0.39, 0.29) is 0 Å². The summed E-state index contributed by atoms with van der Waals surface area (Å²) in [7, 11) is 0. The zero-order chi connectivity index (χ0) is 15.6. The van der Waals surface area contributed by atoms with Crippen molar-refractivity contribution < 1.29 is 4.74 Å². The number of anilines is 1. The van der Waals surface area contributed by atoms with Crippen molar-refractivity contribution in [2.75, 3.05) is 18.9 Å². The number of nitrogens with zero attached hydrogens (tertiary/aromatic N) is 4. The van der Waals surface area contributed by atoms with Gasteiger partial charge >= 0.3 is 0 Å². The maximum atomic E-state index is 5.66. The molecule has 0 aromatic carbocycles. The van der Waals surface area contributed by atoms with Crippen LogP contribution in [0.15, 0.2) is 36.9 Å². The van der Waals surface area contributed by atoms with Gasteiger partial charge in [-0.1, -0.05) is 0 Å². The molecule has 3 aromatic heterocycles. The summed E-state index contributed by atoms with van der Waals surface area (Å²) in [5.74, 6) is 1.16. The zero-order valence-electron chi connectivity index (χ0n) is 12.9. The first-order chi connectivity index (χ1) is 11.3. The topological polar surface area (TPSA) is 78.8 Å². The van der Waals surface area contributed by atoms with Crippen LogP contribution in [0.4, 0.5) is 5.82 Å². The van der Waals surface area contributed by atoms with E-state index >= 15 is 0 Å². The summed E-state index contributed by atoms with van der Waals surface area (Å²) in [6.07, 6.45) is 7.71. The van der Waals surface area contributed by atoms with Gasteiger partial charge in [0, 0.05) is 43.3 Å². The number of nitrogen functional groups attached to an aromatic ring is 1. The highest BCUT2D eigenvalue weighted by atomic mass is 16.5. The normalized spacial score (nSPS) is 16.0. The number of rotatable bonds is 3. The molecule has 0 aliphatic carbocycles. The Balaban J connectivity index is 1.66. The van der Waals surface area contributed by atoms with Gasteiger partial charge in [0.15, 0.2) is 5.65 Å². The highest BCUT2D eigenvalue weighted by Gasteiger charge is 2.16. The van der Waals surface area contributed by atoms with Gasteiger partial charge < -0.3 is 15.0 Å². The number of imidazole rings is 1. The van der Waals surface area contributed by atoms with Crippen molar-refractivity contribution in [2.45, 2.75) is 19.4 Å². The molecular formula is C17H19N5O. The van der Waals surface area contributed by atoms with Gasteiger partial charge in [-0.15, -0.1) is 0 Å². The maximum Gasteiger partial charge on any atom is 0.177 e. The smallest absolute Gasteiger partial charge is 0.177 e. The third-order valence-corrected chi connectivity index (χ3v) is 4.39. The molecular weight excluding hydrogens is 290 g/mol. The fourth-order valence-electron chi connectivity index (χ4n) is 3.03. The van der Waals surface area contributed by atoms with Crippen molar-refractivity contribution in [1.82, 2.24) is 19.5 Å². The second-order valence-electron chi connectivity index (χ2n) is 5.99. The predicted molar refractivity (Wildman–Crippen MR) is 88.7 cm³/mol. The lowest BCUT2D eigenvalue weighted by Gasteiger charge is -2.22. The number of hydrogen-bond donors (Lipinski definition) is 1. The third kappa shape index (κ3) is 2.90. The molecule has 1 aliphatic rings. The minimum atomic E-state index is 0.521. The molecule has 0 radical (unpaired) electrons. The molecule has 6 nitrogen and oxygen atoms in total. The van der Waals surface area contributed by atoms with E-state index in [0.717, 1.165) is 54.9 Å². The molecule has 4 heterocycles. The van der Waals surface area contributed by atoms with E-state index in [4.69, 9.17) is 10.5 Å². The van der Waals surface area contributed by atoms with Gasteiger partial charge in [-0.2, -0.15) is 0 Å². The van der Waals surface area contributed by atoms with Gasteiger partial charge in [-0.25, -0.2) is 15.0 Å². The van der Waals surface area contributed by atoms with E-state index < -0.39 is 0 Å². The van der Waals surface area contributed by atoms with E-state index in [0.29, 0.717) is 11.7 Å². The second-order valence-corrected chi connectivity index (χ2v) is 5.99. The average Bonchev–Trinajstić information content (AvgIpc) is 2.99. The van der Waals surface area contributed by atoms with Crippen LogP contribution in [0.2, 0.25) is 0 Å². The summed E-state index contributed by atoms with van der Waals surface area (Å²) in [6, 6.07) is 5.89. The summed E-state index contributed by atoms with van der Waals surface area (Å²) in [6.45, 7) is 2.68. The maximum absolute atomic E-state index is 5.66. The molecule has 0 spiro atoms. The molecule has 0 atom stereocenters. The van der Waals surface area contributed by atoms with Gasteiger partial charge in [0.25, 0.3) is 0 Å². The van der Waals surface area contributed by atoms with Crippen LogP contribution in [0.25, 0.3) is 22.3 Å². The Morgan fingerprint density at radius 2 is 1.91 bits per heavy atom. The molecule has 2 N–H and O–H groups in total. The second kappa shape index (κ2) is 5.96. The van der Waals surface area contributed by atoms with Gasteiger partial charge in [0.2, 0.25) is 0 Å². The van der Waals surface area contributed by atoms with E-state index in [9.17, 15) is 0 Å². The fraction of sp³-hybridized carbons (Fsp3) is 0.353. The van der Waals surface area contributed by atoms with Crippen LogP contribution in [0.5, 0.6) is 0 Å². The van der Waals surface area contributed by atoms with Crippen LogP contribution in [-0.4, -0.2) is 32.7 Å². The van der Waals surface area contributed by atoms with Crippen molar-refractivity contribution in [3.8, 4) is 11.1 Å². The molecule has 1 aliphatic heterocycles. The molecule has 6 heteroatoms. The molecule has 23 heavy (non-hydrogen) atoms. The van der Waals surface area contributed by atoms with E-state index in [1.54, 1.807) is 12.3 Å². The monoisotopic (exact) mass is 309 g/mol. The van der Waals surface area contributed by atoms with Crippen molar-refractivity contribution in [2.24, 2.45) is 5.92 Å². The molecule has 0 amide bonds. The zero-order valence-corrected chi connectivity index (χ0v) is 12.9. The number of nitrogens with two attached hydrogens (primary N) is 1. The summed E-state index contributed by atoms with van der Waals surface area (Å²) < 4.78 is 7.64. The Labute approximate surface area is 134 Å².